The van der Waals surface area contributed by atoms with E-state index in [2.05, 4.69) is 21.2 Å². The van der Waals surface area contributed by atoms with Gasteiger partial charge in [0, 0.05) is 23.5 Å². The number of hydrogen-bond donors (Lipinski definition) is 3. The topological polar surface area (TPSA) is 162 Å². The van der Waals surface area contributed by atoms with Crippen molar-refractivity contribution >= 4 is 37.5 Å². The van der Waals surface area contributed by atoms with E-state index in [1.54, 1.807) is 24.3 Å². The number of aromatic nitrogens is 3. The molecule has 1 fully saturated rings. The van der Waals surface area contributed by atoms with E-state index in [1.807, 2.05) is 0 Å². The molecule has 1 unspecified atom stereocenters. The van der Waals surface area contributed by atoms with Crippen LogP contribution in [0.15, 0.2) is 55.4 Å². The highest BCUT2D eigenvalue weighted by Gasteiger charge is 2.30. The van der Waals surface area contributed by atoms with Crippen molar-refractivity contribution in [1.29, 1.82) is 5.41 Å². The Hall–Kier alpha value is -2.93. The van der Waals surface area contributed by atoms with Crippen LogP contribution in [0.4, 0.5) is 0 Å². The van der Waals surface area contributed by atoms with Gasteiger partial charge in [-0.15, -0.1) is 0 Å². The summed E-state index contributed by atoms with van der Waals surface area (Å²) in [7, 11) is -3.72. The fourth-order valence-electron chi connectivity index (χ4n) is 4.73. The number of amides is 1. The molecule has 2 aliphatic rings. The number of nitrogens with zero attached hydrogens (tertiary/aromatic N) is 3. The minimum Gasteiger partial charge on any atom is -0.387 e. The molecular formula is C23H29BrN6O5S. The lowest BCUT2D eigenvalue weighted by molar-refractivity contribution is -0.124. The Kier molecular flexibility index (Phi) is 7.69. The first-order chi connectivity index (χ1) is 17.1. The molecule has 1 aromatic heterocycles. The number of hydrogen-bond acceptors (Lipinski definition) is 6. The van der Waals surface area contributed by atoms with E-state index in [-0.39, 0.29) is 35.7 Å². The molecule has 4 N–H and O–H groups in total. The molecule has 13 heteroatoms. The molecule has 1 atom stereocenters. The van der Waals surface area contributed by atoms with E-state index in [0.29, 0.717) is 6.54 Å². The number of nitrogens with one attached hydrogen (secondary N) is 2. The number of sulfone groups is 1. The number of halogens is 1. The predicted molar refractivity (Wildman–Crippen MR) is 138 cm³/mol. The van der Waals surface area contributed by atoms with E-state index in [9.17, 15) is 22.8 Å². The molecule has 0 saturated heterocycles. The number of carbonyl (C=O) groups excluding carboxylic acids is 1. The molecular weight excluding hydrogens is 552 g/mol. The lowest BCUT2D eigenvalue weighted by Crippen LogP contribution is -2.42. The van der Waals surface area contributed by atoms with Crippen LogP contribution in [0.3, 0.4) is 0 Å². The molecule has 1 amide bonds. The average molecular weight is 581 g/mol. The van der Waals surface area contributed by atoms with Crippen molar-refractivity contribution in [1.82, 2.24) is 19.2 Å². The summed E-state index contributed by atoms with van der Waals surface area (Å²) >= 11 is 3.26. The molecule has 0 bridgehead atoms. The maximum Gasteiger partial charge on any atom is 0.348 e. The van der Waals surface area contributed by atoms with Gasteiger partial charge in [-0.3, -0.25) is 10.2 Å². The van der Waals surface area contributed by atoms with Gasteiger partial charge in [0.05, 0.1) is 23.0 Å². The van der Waals surface area contributed by atoms with Crippen LogP contribution in [0.25, 0.3) is 0 Å². The van der Waals surface area contributed by atoms with Crippen molar-refractivity contribution in [2.75, 3.05) is 12.3 Å². The molecule has 2 aromatic rings. The third-order valence-electron chi connectivity index (χ3n) is 6.88. The van der Waals surface area contributed by atoms with Crippen LogP contribution in [-0.4, -0.2) is 46.4 Å². The van der Waals surface area contributed by atoms with Crippen LogP contribution in [0.1, 0.15) is 31.7 Å². The average Bonchev–Trinajstić information content (AvgIpc) is 3.11. The van der Waals surface area contributed by atoms with Crippen LogP contribution >= 0.6 is 15.9 Å². The van der Waals surface area contributed by atoms with E-state index < -0.39 is 38.9 Å². The Morgan fingerprint density at radius 2 is 1.78 bits per heavy atom. The summed E-state index contributed by atoms with van der Waals surface area (Å²) in [5.74, 6) is -0.282. The molecule has 11 nitrogen and oxygen atoms in total. The summed E-state index contributed by atoms with van der Waals surface area (Å²) in [4.78, 5) is 39.1. The van der Waals surface area contributed by atoms with Crippen LogP contribution in [0.2, 0.25) is 0 Å². The summed E-state index contributed by atoms with van der Waals surface area (Å²) < 4.78 is 29.3. The quantitative estimate of drug-likeness (QED) is 0.240. The molecule has 1 saturated carbocycles. The minimum atomic E-state index is -3.72. The molecule has 1 aliphatic heterocycles. The van der Waals surface area contributed by atoms with E-state index in [1.165, 1.54) is 12.1 Å². The number of nitrogens with two attached hydrogens (primary N) is 1. The number of fused-ring (bicyclic) bond motifs is 1. The monoisotopic (exact) mass is 580 g/mol. The lowest BCUT2D eigenvalue weighted by atomic mass is 9.81. The second-order valence-corrected chi connectivity index (χ2v) is 12.2. The van der Waals surface area contributed by atoms with Gasteiger partial charge in [-0.2, -0.15) is 0 Å². The zero-order valence-electron chi connectivity index (χ0n) is 19.6. The first-order valence-electron chi connectivity index (χ1n) is 11.8. The molecule has 1 aromatic carbocycles. The molecule has 1 aliphatic carbocycles. The van der Waals surface area contributed by atoms with Crippen molar-refractivity contribution in [3.05, 3.63) is 61.9 Å². The molecule has 4 rings (SSSR count). The minimum absolute atomic E-state index is 0.0959. The fourth-order valence-corrected chi connectivity index (χ4v) is 6.21. The van der Waals surface area contributed by atoms with Gasteiger partial charge in [0.25, 0.3) is 0 Å². The Labute approximate surface area is 216 Å². The van der Waals surface area contributed by atoms with Crippen LogP contribution in [0, 0.1) is 17.2 Å². The molecule has 2 heterocycles. The second kappa shape index (κ2) is 10.6. The Bertz CT molecular complexity index is 1400. The second-order valence-electron chi connectivity index (χ2n) is 9.21. The Balaban J connectivity index is 1.45. The van der Waals surface area contributed by atoms with E-state index in [0.717, 1.165) is 44.1 Å². The Morgan fingerprint density at radius 3 is 2.42 bits per heavy atom. The van der Waals surface area contributed by atoms with Crippen molar-refractivity contribution in [2.24, 2.45) is 17.6 Å². The van der Waals surface area contributed by atoms with Crippen molar-refractivity contribution in [3.63, 3.8) is 0 Å². The highest BCUT2D eigenvalue weighted by molar-refractivity contribution is 9.10. The van der Waals surface area contributed by atoms with Crippen LogP contribution in [-0.2, 0) is 27.7 Å². The van der Waals surface area contributed by atoms with E-state index >= 15 is 0 Å². The third kappa shape index (κ3) is 5.41. The molecule has 0 radical (unpaired) electrons. The van der Waals surface area contributed by atoms with Crippen molar-refractivity contribution in [3.8, 4) is 0 Å². The largest absolute Gasteiger partial charge is 0.387 e. The zero-order valence-corrected chi connectivity index (χ0v) is 22.0. The SMILES string of the molecule is N=C(N)C1CCC(CNC(=O)C2C=CCn3c(=O)n(CCS(=O)(=O)c4ccc(Br)cc4)c(=O)n32)CC1. The van der Waals surface area contributed by atoms with Gasteiger partial charge in [-0.05, 0) is 55.9 Å². The van der Waals surface area contributed by atoms with E-state index in [4.69, 9.17) is 11.1 Å². The number of allylic oxidation sites excluding steroid dienone is 1. The van der Waals surface area contributed by atoms with Gasteiger partial charge in [-0.25, -0.2) is 31.9 Å². The molecule has 194 valence electrons. The van der Waals surface area contributed by atoms with Gasteiger partial charge < -0.3 is 11.1 Å². The number of benzene rings is 1. The predicted octanol–water partition coefficient (Wildman–Crippen LogP) is 1.02. The normalized spacial score (nSPS) is 21.6. The van der Waals surface area contributed by atoms with Crippen LogP contribution in [0.5, 0.6) is 0 Å². The van der Waals surface area contributed by atoms with Gasteiger partial charge in [0.15, 0.2) is 15.9 Å². The van der Waals surface area contributed by atoms with Gasteiger partial charge in [0.2, 0.25) is 5.91 Å². The standard InChI is InChI=1S/C23H29BrN6O5S/c24-17-7-9-18(10-8-17)36(34,35)13-12-28-22(32)29-11-1-2-19(30(29)23(28)33)21(31)27-14-15-3-5-16(6-4-15)20(25)26/h1-2,7-10,15-16,19H,3-6,11-14H2,(H3,25,26)(H,27,31). The number of carbonyl (C=O) groups is 1. The van der Waals surface area contributed by atoms with Gasteiger partial charge in [-0.1, -0.05) is 28.1 Å². The number of amidine groups is 1. The molecule has 36 heavy (non-hydrogen) atoms. The maximum atomic E-state index is 13.1. The highest BCUT2D eigenvalue weighted by atomic mass is 79.9. The third-order valence-corrected chi connectivity index (χ3v) is 9.11. The van der Waals surface area contributed by atoms with Crippen LogP contribution < -0.4 is 22.4 Å². The smallest absolute Gasteiger partial charge is 0.348 e. The van der Waals surface area contributed by atoms with Crippen molar-refractivity contribution in [2.45, 2.75) is 49.7 Å². The van der Waals surface area contributed by atoms with Gasteiger partial charge in [0.1, 0.15) is 0 Å². The zero-order chi connectivity index (χ0) is 26.0. The van der Waals surface area contributed by atoms with Crippen molar-refractivity contribution < 1.29 is 13.2 Å². The maximum absolute atomic E-state index is 13.1. The highest BCUT2D eigenvalue weighted by Crippen LogP contribution is 2.28. The first kappa shape index (κ1) is 26.1. The lowest BCUT2D eigenvalue weighted by Gasteiger charge is -2.28. The Morgan fingerprint density at radius 1 is 1.11 bits per heavy atom. The summed E-state index contributed by atoms with van der Waals surface area (Å²) in [5.41, 5.74) is 4.21. The first-order valence-corrected chi connectivity index (χ1v) is 14.2. The summed E-state index contributed by atoms with van der Waals surface area (Å²) in [6, 6.07) is 5.12. The fraction of sp³-hybridized carbons (Fsp3) is 0.478. The summed E-state index contributed by atoms with van der Waals surface area (Å²) in [6.07, 6.45) is 6.53. The summed E-state index contributed by atoms with van der Waals surface area (Å²) in [5, 5.41) is 10.5. The summed E-state index contributed by atoms with van der Waals surface area (Å²) in [6.45, 7) is 0.217. The van der Waals surface area contributed by atoms with Gasteiger partial charge >= 0.3 is 11.4 Å². The molecule has 0 spiro atoms. The number of rotatable bonds is 8.